The number of nitrogens with zero attached hydrogens (tertiary/aromatic N) is 1. The average molecular weight is 265 g/mol. The summed E-state index contributed by atoms with van der Waals surface area (Å²) in [7, 11) is -2.79. The second kappa shape index (κ2) is 5.52. The minimum absolute atomic E-state index is 0.0714. The molecule has 4 nitrogen and oxygen atoms in total. The topological polar surface area (TPSA) is 57.6 Å². The van der Waals surface area contributed by atoms with Crippen molar-refractivity contribution in [1.29, 1.82) is 0 Å². The van der Waals surface area contributed by atoms with Gasteiger partial charge in [-0.05, 0) is 17.7 Å². The first kappa shape index (κ1) is 14.0. The quantitative estimate of drug-likeness (QED) is 0.866. The molecule has 0 atom stereocenters. The molecule has 0 aromatic heterocycles. The van der Waals surface area contributed by atoms with E-state index in [1.165, 1.54) is 24.3 Å². The molecule has 0 aliphatic heterocycles. The van der Waals surface area contributed by atoms with Crippen LogP contribution >= 0.6 is 0 Å². The second-order valence-corrected chi connectivity index (χ2v) is 5.52. The predicted molar refractivity (Wildman–Crippen MR) is 58.2 cm³/mol. The van der Waals surface area contributed by atoms with E-state index < -0.39 is 23.0 Å². The van der Waals surface area contributed by atoms with Crippen LogP contribution in [0.1, 0.15) is 5.56 Å². The van der Waals surface area contributed by atoms with E-state index in [1.54, 1.807) is 0 Å². The number of aliphatic hydroxyl groups excluding tert-OH is 1. The molecule has 1 aromatic carbocycles. The van der Waals surface area contributed by atoms with Crippen LogP contribution in [0.2, 0.25) is 0 Å². The number of sulfonamides is 1. The molecule has 1 aromatic rings. The Bertz CT molecular complexity index is 459. The molecule has 0 amide bonds. The van der Waals surface area contributed by atoms with Gasteiger partial charge in [-0.1, -0.05) is 12.1 Å². The molecule has 0 bridgehead atoms. The number of alkyl halides is 2. The van der Waals surface area contributed by atoms with Crippen molar-refractivity contribution in [3.8, 4) is 0 Å². The van der Waals surface area contributed by atoms with E-state index in [1.807, 2.05) is 0 Å². The van der Waals surface area contributed by atoms with E-state index in [-0.39, 0.29) is 11.5 Å². The first-order valence-electron chi connectivity index (χ1n) is 4.82. The van der Waals surface area contributed by atoms with Crippen LogP contribution in [0.25, 0.3) is 0 Å². The highest BCUT2D eigenvalue weighted by Gasteiger charge is 2.23. The van der Waals surface area contributed by atoms with E-state index in [4.69, 9.17) is 5.11 Å². The largest absolute Gasteiger partial charge is 0.392 e. The van der Waals surface area contributed by atoms with Gasteiger partial charge >= 0.3 is 0 Å². The third kappa shape index (κ3) is 3.45. The molecular formula is C10H13F2NO3S. The molecule has 0 saturated carbocycles. The molecule has 0 radical (unpaired) electrons. The van der Waals surface area contributed by atoms with Gasteiger partial charge < -0.3 is 5.11 Å². The number of hydrogen-bond acceptors (Lipinski definition) is 3. The standard InChI is InChI=1S/C10H13F2NO3S/c1-13(6-10(11)12)17(15,16)9-4-2-8(7-14)3-5-9/h2-5,10,14H,6-7H2,1H3. The van der Waals surface area contributed by atoms with Crippen molar-refractivity contribution in [2.24, 2.45) is 0 Å². The molecule has 0 aliphatic rings. The molecule has 7 heteroatoms. The highest BCUT2D eigenvalue weighted by molar-refractivity contribution is 7.89. The fourth-order valence-electron chi connectivity index (χ4n) is 1.24. The number of hydrogen-bond donors (Lipinski definition) is 1. The molecule has 0 aliphatic carbocycles. The summed E-state index contributed by atoms with van der Waals surface area (Å²) >= 11 is 0. The molecular weight excluding hydrogens is 252 g/mol. The monoisotopic (exact) mass is 265 g/mol. The zero-order valence-corrected chi connectivity index (χ0v) is 9.99. The number of aliphatic hydroxyl groups is 1. The number of benzene rings is 1. The summed E-state index contributed by atoms with van der Waals surface area (Å²) in [5.41, 5.74) is 0.556. The van der Waals surface area contributed by atoms with Gasteiger partial charge in [0.05, 0.1) is 18.0 Å². The van der Waals surface area contributed by atoms with Crippen molar-refractivity contribution in [2.75, 3.05) is 13.6 Å². The van der Waals surface area contributed by atoms with Crippen molar-refractivity contribution in [3.63, 3.8) is 0 Å². The first-order valence-corrected chi connectivity index (χ1v) is 6.26. The summed E-state index contributed by atoms with van der Waals surface area (Å²) in [6, 6.07) is 5.43. The molecule has 0 fully saturated rings. The Morgan fingerprint density at radius 3 is 2.24 bits per heavy atom. The third-order valence-corrected chi connectivity index (χ3v) is 4.05. The lowest BCUT2D eigenvalue weighted by atomic mass is 10.2. The van der Waals surface area contributed by atoms with Crippen molar-refractivity contribution in [3.05, 3.63) is 29.8 Å². The van der Waals surface area contributed by atoms with Crippen LogP contribution in [0.15, 0.2) is 29.2 Å². The summed E-state index contributed by atoms with van der Waals surface area (Å²) in [6.45, 7) is -1.04. The minimum atomic E-state index is -3.89. The third-order valence-electron chi connectivity index (χ3n) is 2.21. The Morgan fingerprint density at radius 2 is 1.82 bits per heavy atom. The van der Waals surface area contributed by atoms with Crippen molar-refractivity contribution in [1.82, 2.24) is 4.31 Å². The normalized spacial score (nSPS) is 12.4. The van der Waals surface area contributed by atoms with Crippen LogP contribution in [0, 0.1) is 0 Å². The SMILES string of the molecule is CN(CC(F)F)S(=O)(=O)c1ccc(CO)cc1. The molecule has 0 heterocycles. The van der Waals surface area contributed by atoms with Crippen molar-refractivity contribution < 1.29 is 22.3 Å². The molecule has 1 rings (SSSR count). The predicted octanol–water partition coefficient (Wildman–Crippen LogP) is 1.06. The average Bonchev–Trinajstić information content (AvgIpc) is 2.28. The van der Waals surface area contributed by atoms with Crippen LogP contribution in [0.4, 0.5) is 8.78 Å². The highest BCUT2D eigenvalue weighted by Crippen LogP contribution is 2.16. The second-order valence-electron chi connectivity index (χ2n) is 3.48. The van der Waals surface area contributed by atoms with Crippen LogP contribution in [0.5, 0.6) is 0 Å². The fourth-order valence-corrected chi connectivity index (χ4v) is 2.39. The fraction of sp³-hybridized carbons (Fsp3) is 0.400. The highest BCUT2D eigenvalue weighted by atomic mass is 32.2. The van der Waals surface area contributed by atoms with Crippen molar-refractivity contribution >= 4 is 10.0 Å². The van der Waals surface area contributed by atoms with Crippen molar-refractivity contribution in [2.45, 2.75) is 17.9 Å². The van der Waals surface area contributed by atoms with E-state index >= 15 is 0 Å². The summed E-state index contributed by atoms with van der Waals surface area (Å²) in [5.74, 6) is 0. The lowest BCUT2D eigenvalue weighted by molar-refractivity contribution is 0.126. The summed E-state index contributed by atoms with van der Waals surface area (Å²) in [4.78, 5) is -0.0714. The zero-order valence-electron chi connectivity index (χ0n) is 9.18. The van der Waals surface area contributed by atoms with Gasteiger partial charge in [-0.2, -0.15) is 4.31 Å². The van der Waals surface area contributed by atoms with Gasteiger partial charge in [0.15, 0.2) is 0 Å². The van der Waals surface area contributed by atoms with E-state index in [9.17, 15) is 17.2 Å². The summed E-state index contributed by atoms with van der Waals surface area (Å²) in [5, 5.41) is 8.80. The Kier molecular flexibility index (Phi) is 4.55. The lowest BCUT2D eigenvalue weighted by Gasteiger charge is -2.16. The summed E-state index contributed by atoms with van der Waals surface area (Å²) in [6.07, 6.45) is -2.72. The maximum atomic E-state index is 12.1. The van der Waals surface area contributed by atoms with Crippen LogP contribution in [-0.4, -0.2) is 37.8 Å². The lowest BCUT2D eigenvalue weighted by Crippen LogP contribution is -2.31. The maximum Gasteiger partial charge on any atom is 0.252 e. The van der Waals surface area contributed by atoms with Gasteiger partial charge in [-0.25, -0.2) is 17.2 Å². The molecule has 96 valence electrons. The molecule has 0 saturated heterocycles. The Hall–Kier alpha value is -1.05. The van der Waals surface area contributed by atoms with Gasteiger partial charge in [-0.3, -0.25) is 0 Å². The molecule has 0 spiro atoms. The van der Waals surface area contributed by atoms with Gasteiger partial charge in [0.2, 0.25) is 10.0 Å². The Morgan fingerprint density at radius 1 is 1.29 bits per heavy atom. The van der Waals surface area contributed by atoms with Gasteiger partial charge in [0, 0.05) is 7.05 Å². The van der Waals surface area contributed by atoms with Crippen LogP contribution in [-0.2, 0) is 16.6 Å². The maximum absolute atomic E-state index is 12.1. The van der Waals surface area contributed by atoms with Gasteiger partial charge in [0.1, 0.15) is 0 Å². The Balaban J connectivity index is 2.96. The Labute approximate surface area is 98.5 Å². The van der Waals surface area contributed by atoms with Gasteiger partial charge in [0.25, 0.3) is 6.43 Å². The van der Waals surface area contributed by atoms with Crippen LogP contribution < -0.4 is 0 Å². The summed E-state index contributed by atoms with van der Waals surface area (Å²) < 4.78 is 48.4. The first-order chi connectivity index (χ1) is 7.87. The molecule has 0 unspecified atom stereocenters. The smallest absolute Gasteiger partial charge is 0.252 e. The zero-order chi connectivity index (χ0) is 13.1. The molecule has 1 N–H and O–H groups in total. The van der Waals surface area contributed by atoms with Crippen LogP contribution in [0.3, 0.4) is 0 Å². The number of halogens is 2. The van der Waals surface area contributed by atoms with Gasteiger partial charge in [-0.15, -0.1) is 0 Å². The minimum Gasteiger partial charge on any atom is -0.392 e. The number of rotatable bonds is 5. The van der Waals surface area contributed by atoms with E-state index in [2.05, 4.69) is 0 Å². The van der Waals surface area contributed by atoms with E-state index in [0.717, 1.165) is 7.05 Å². The van der Waals surface area contributed by atoms with E-state index in [0.29, 0.717) is 9.87 Å². The molecule has 17 heavy (non-hydrogen) atoms.